The van der Waals surface area contributed by atoms with Crippen molar-refractivity contribution in [2.75, 3.05) is 40.3 Å². The molecule has 0 saturated carbocycles. The molecule has 0 aliphatic carbocycles. The van der Waals surface area contributed by atoms with Gasteiger partial charge in [-0.15, -0.1) is 0 Å². The minimum atomic E-state index is -2.13. The largest absolute Gasteiger partial charge is 0.481 e. The SMILES string of the molecule is CCCC[Si](C)(C)O[Si](C)(C)CCCN1C(=O)C(CC(C)(C)C2C(=O)N(CCN(C)C)C(=O)C2CC(C)(C)C)C(C(C)(C)CC(C(=O)O)C(C)C(=O)OCC)C1=O. The van der Waals surface area contributed by atoms with Gasteiger partial charge in [-0.05, 0) is 101 Å². The lowest BCUT2D eigenvalue weighted by Crippen LogP contribution is -2.44. The number of hydrogen-bond donors (Lipinski definition) is 1. The van der Waals surface area contributed by atoms with Crippen LogP contribution in [0, 0.1) is 51.8 Å². The Balaban J connectivity index is 2.60. The summed E-state index contributed by atoms with van der Waals surface area (Å²) in [6.07, 6.45) is 3.41. The van der Waals surface area contributed by atoms with E-state index in [0.29, 0.717) is 19.4 Å². The number of carbonyl (C=O) groups is 6. The smallest absolute Gasteiger partial charge is 0.309 e. The summed E-state index contributed by atoms with van der Waals surface area (Å²) in [5, 5.41) is 10.4. The zero-order chi connectivity index (χ0) is 44.1. The number of likely N-dealkylation sites (tertiary alicyclic amines) is 2. The molecule has 12 nitrogen and oxygen atoms in total. The molecule has 2 rings (SSSR count). The third-order valence-electron chi connectivity index (χ3n) is 12.2. The van der Waals surface area contributed by atoms with Gasteiger partial charge in [0, 0.05) is 19.6 Å². The molecule has 4 amide bonds. The van der Waals surface area contributed by atoms with E-state index in [1.54, 1.807) is 6.92 Å². The van der Waals surface area contributed by atoms with Gasteiger partial charge < -0.3 is 18.9 Å². The number of carbonyl (C=O) groups excluding carboxylic acids is 5. The van der Waals surface area contributed by atoms with Crippen LogP contribution in [0.5, 0.6) is 0 Å². The molecular weight excluding hydrogens is 759 g/mol. The van der Waals surface area contributed by atoms with Crippen LogP contribution >= 0.6 is 0 Å². The highest BCUT2D eigenvalue weighted by Gasteiger charge is 2.60. The Morgan fingerprint density at radius 3 is 1.68 bits per heavy atom. The second-order valence-electron chi connectivity index (χ2n) is 21.1. The summed E-state index contributed by atoms with van der Waals surface area (Å²) in [4.78, 5) is 88.1. The van der Waals surface area contributed by atoms with Crippen molar-refractivity contribution in [3.8, 4) is 0 Å². The lowest BCUT2D eigenvalue weighted by atomic mass is 9.61. The van der Waals surface area contributed by atoms with Crippen LogP contribution in [0.3, 0.4) is 0 Å². The summed E-state index contributed by atoms with van der Waals surface area (Å²) in [6, 6.07) is 1.85. The number of hydrogen-bond acceptors (Lipinski definition) is 9. The van der Waals surface area contributed by atoms with Crippen molar-refractivity contribution < 1.29 is 42.7 Å². The fourth-order valence-electron chi connectivity index (χ4n) is 9.57. The average Bonchev–Trinajstić information content (AvgIpc) is 3.42. The van der Waals surface area contributed by atoms with Crippen molar-refractivity contribution in [3.63, 3.8) is 0 Å². The van der Waals surface area contributed by atoms with E-state index in [4.69, 9.17) is 8.85 Å². The van der Waals surface area contributed by atoms with E-state index >= 15 is 0 Å². The van der Waals surface area contributed by atoms with E-state index in [9.17, 15) is 33.9 Å². The number of likely N-dealkylation sites (N-methyl/N-ethyl adjacent to an activating group) is 1. The first-order valence-corrected chi connectivity index (χ1v) is 27.6. The third kappa shape index (κ3) is 13.5. The number of carboxylic acids is 1. The first-order valence-electron chi connectivity index (χ1n) is 21.4. The summed E-state index contributed by atoms with van der Waals surface area (Å²) in [5.74, 6) is -8.18. The number of amides is 4. The highest BCUT2D eigenvalue weighted by atomic mass is 28.4. The molecule has 1 N–H and O–H groups in total. The lowest BCUT2D eigenvalue weighted by molar-refractivity contribution is -0.158. The summed E-state index contributed by atoms with van der Waals surface area (Å²) in [7, 11) is -0.221. The van der Waals surface area contributed by atoms with Crippen molar-refractivity contribution in [2.24, 2.45) is 51.8 Å². The number of imide groups is 2. The normalized spacial score (nSPS) is 22.5. The summed E-state index contributed by atoms with van der Waals surface area (Å²) in [5.41, 5.74) is -2.19. The molecule has 0 radical (unpaired) electrons. The maximum absolute atomic E-state index is 14.7. The number of esters is 1. The molecule has 0 aromatic carbocycles. The van der Waals surface area contributed by atoms with Gasteiger partial charge in [0.1, 0.15) is 0 Å². The quantitative estimate of drug-likeness (QED) is 0.0622. The zero-order valence-electron chi connectivity index (χ0n) is 38.5. The molecule has 0 spiro atoms. The monoisotopic (exact) mass is 838 g/mol. The second kappa shape index (κ2) is 19.8. The molecule has 0 aromatic rings. The van der Waals surface area contributed by atoms with Crippen molar-refractivity contribution in [1.82, 2.24) is 14.7 Å². The number of ether oxygens (including phenoxy) is 1. The van der Waals surface area contributed by atoms with Crippen molar-refractivity contribution in [3.05, 3.63) is 0 Å². The van der Waals surface area contributed by atoms with E-state index in [1.165, 1.54) is 16.7 Å². The van der Waals surface area contributed by atoms with Crippen molar-refractivity contribution in [1.29, 1.82) is 0 Å². The standard InChI is InChI=1S/C43H79N3O9Si2/c1-17-19-24-56(13,14)55-57(15,16)25-20-21-45-36(48)32(34(37(45)49)42(7,8)27-30(39(51)52)29(3)40(53)54-18-2)28-43(9,10)33-31(26-41(4,5)6)35(47)46(38(33)50)23-22-44(11)12/h29-34H,17-28H2,1-16H3,(H,51,52). The Morgan fingerprint density at radius 2 is 1.23 bits per heavy atom. The van der Waals surface area contributed by atoms with Gasteiger partial charge >= 0.3 is 11.9 Å². The van der Waals surface area contributed by atoms with Gasteiger partial charge in [-0.1, -0.05) is 75.2 Å². The average molecular weight is 838 g/mol. The van der Waals surface area contributed by atoms with Crippen molar-refractivity contribution >= 4 is 52.2 Å². The van der Waals surface area contributed by atoms with Gasteiger partial charge in [0.2, 0.25) is 23.6 Å². The van der Waals surface area contributed by atoms with Gasteiger partial charge in [0.15, 0.2) is 16.6 Å². The van der Waals surface area contributed by atoms with Crippen LogP contribution in [0.25, 0.3) is 0 Å². The van der Waals surface area contributed by atoms with Crippen molar-refractivity contribution in [2.45, 2.75) is 146 Å². The molecule has 2 saturated heterocycles. The van der Waals surface area contributed by atoms with Crippen LogP contribution in [-0.2, 0) is 37.6 Å². The highest BCUT2D eigenvalue weighted by Crippen LogP contribution is 2.53. The van der Waals surface area contributed by atoms with E-state index in [-0.39, 0.29) is 61.6 Å². The second-order valence-corrected chi connectivity index (χ2v) is 29.9. The minimum Gasteiger partial charge on any atom is -0.481 e. The molecule has 2 aliphatic heterocycles. The Hall–Kier alpha value is -2.43. The van der Waals surface area contributed by atoms with Crippen LogP contribution in [-0.4, -0.2) is 112 Å². The van der Waals surface area contributed by atoms with E-state index in [2.05, 4.69) is 33.1 Å². The maximum Gasteiger partial charge on any atom is 0.309 e. The van der Waals surface area contributed by atoms with E-state index in [1.807, 2.05) is 67.5 Å². The molecule has 0 bridgehead atoms. The van der Waals surface area contributed by atoms with Crippen LogP contribution in [0.1, 0.15) is 108 Å². The topological polar surface area (TPSA) is 151 Å². The fraction of sp³-hybridized carbons (Fsp3) is 0.860. The minimum absolute atomic E-state index is 0.0478. The Kier molecular flexibility index (Phi) is 17.6. The van der Waals surface area contributed by atoms with Gasteiger partial charge in [-0.2, -0.15) is 0 Å². The number of nitrogens with zero attached hydrogens (tertiary/aromatic N) is 3. The van der Waals surface area contributed by atoms with Crippen LogP contribution in [0.4, 0.5) is 0 Å². The van der Waals surface area contributed by atoms with Crippen LogP contribution < -0.4 is 0 Å². The maximum atomic E-state index is 14.7. The summed E-state index contributed by atoms with van der Waals surface area (Å²) in [6.45, 7) is 29.0. The molecular formula is C43H79N3O9Si2. The molecule has 14 heteroatoms. The zero-order valence-corrected chi connectivity index (χ0v) is 40.5. The molecule has 2 aliphatic rings. The number of aliphatic carboxylic acids is 1. The first kappa shape index (κ1) is 50.7. The number of carboxylic acid groups (broad SMARTS) is 1. The van der Waals surface area contributed by atoms with Gasteiger partial charge in [-0.25, -0.2) is 0 Å². The Morgan fingerprint density at radius 1 is 0.754 bits per heavy atom. The Labute approximate surface area is 346 Å². The predicted octanol–water partition coefficient (Wildman–Crippen LogP) is 7.54. The first-order chi connectivity index (χ1) is 25.9. The molecule has 328 valence electrons. The Bertz CT molecular complexity index is 1460. The van der Waals surface area contributed by atoms with Gasteiger partial charge in [0.05, 0.1) is 42.1 Å². The number of unbranched alkanes of at least 4 members (excludes halogenated alkanes) is 1. The van der Waals surface area contributed by atoms with Gasteiger partial charge in [0.25, 0.3) is 0 Å². The molecule has 6 unspecified atom stereocenters. The third-order valence-corrected chi connectivity index (χ3v) is 19.8. The summed E-state index contributed by atoms with van der Waals surface area (Å²) >= 11 is 0. The highest BCUT2D eigenvalue weighted by molar-refractivity contribution is 6.84. The molecule has 6 atom stereocenters. The summed E-state index contributed by atoms with van der Waals surface area (Å²) < 4.78 is 12.0. The molecule has 0 aromatic heterocycles. The van der Waals surface area contributed by atoms with Crippen LogP contribution in [0.2, 0.25) is 38.3 Å². The molecule has 2 heterocycles. The molecule has 2 fully saturated rings. The van der Waals surface area contributed by atoms with E-state index in [0.717, 1.165) is 24.9 Å². The van der Waals surface area contributed by atoms with E-state index < -0.39 is 74.9 Å². The lowest BCUT2D eigenvalue weighted by Gasteiger charge is -2.40. The molecule has 57 heavy (non-hydrogen) atoms. The number of rotatable bonds is 23. The predicted molar refractivity (Wildman–Crippen MR) is 229 cm³/mol. The van der Waals surface area contributed by atoms with Gasteiger partial charge in [-0.3, -0.25) is 38.6 Å². The fourth-order valence-corrected chi connectivity index (χ4v) is 18.6. The van der Waals surface area contributed by atoms with Crippen LogP contribution in [0.15, 0.2) is 0 Å².